The summed E-state index contributed by atoms with van der Waals surface area (Å²) in [5.74, 6) is 0.738. The lowest BCUT2D eigenvalue weighted by Gasteiger charge is -2.00. The van der Waals surface area contributed by atoms with Crippen molar-refractivity contribution in [3.63, 3.8) is 0 Å². The Kier molecular flexibility index (Phi) is 2.44. The van der Waals surface area contributed by atoms with Gasteiger partial charge in [-0.2, -0.15) is 4.98 Å². The van der Waals surface area contributed by atoms with Gasteiger partial charge in [0.1, 0.15) is 0 Å². The molecule has 0 atom stereocenters. The van der Waals surface area contributed by atoms with Gasteiger partial charge in [0, 0.05) is 6.20 Å². The molecule has 0 bridgehead atoms. The monoisotopic (exact) mass is 205 g/mol. The van der Waals surface area contributed by atoms with Crippen molar-refractivity contribution in [1.29, 1.82) is 0 Å². The lowest BCUT2D eigenvalue weighted by molar-refractivity contribution is 0.963. The fourth-order valence-electron chi connectivity index (χ4n) is 1.03. The summed E-state index contributed by atoms with van der Waals surface area (Å²) in [4.78, 5) is 12.2. The van der Waals surface area contributed by atoms with Gasteiger partial charge in [-0.1, -0.05) is 0 Å². The van der Waals surface area contributed by atoms with E-state index >= 15 is 0 Å². The van der Waals surface area contributed by atoms with Crippen molar-refractivity contribution in [2.75, 3.05) is 11.1 Å². The third-order valence-corrected chi connectivity index (χ3v) is 1.76. The van der Waals surface area contributed by atoms with E-state index in [1.54, 1.807) is 12.4 Å². The lowest BCUT2D eigenvalue weighted by atomic mass is 10.4. The second-order valence-corrected chi connectivity index (χ2v) is 3.05. The van der Waals surface area contributed by atoms with Gasteiger partial charge in [-0.25, -0.2) is 5.10 Å². The van der Waals surface area contributed by atoms with Crippen LogP contribution in [0.4, 0.5) is 11.9 Å². The van der Waals surface area contributed by atoms with Crippen molar-refractivity contribution in [3.8, 4) is 0 Å². The Labute approximate surface area is 86.2 Å². The van der Waals surface area contributed by atoms with E-state index in [1.165, 1.54) is 0 Å². The Morgan fingerprint density at radius 1 is 1.40 bits per heavy atom. The van der Waals surface area contributed by atoms with Crippen molar-refractivity contribution in [1.82, 2.24) is 25.1 Å². The van der Waals surface area contributed by atoms with Gasteiger partial charge in [0.15, 0.2) is 0 Å². The molecule has 0 radical (unpaired) electrons. The first-order valence-corrected chi connectivity index (χ1v) is 4.43. The Morgan fingerprint density at radius 2 is 2.27 bits per heavy atom. The summed E-state index contributed by atoms with van der Waals surface area (Å²) in [7, 11) is 0. The number of aromatic amines is 1. The smallest absolute Gasteiger partial charge is 0.243 e. The zero-order valence-electron chi connectivity index (χ0n) is 8.23. The topological polar surface area (TPSA) is 105 Å². The summed E-state index contributed by atoms with van der Waals surface area (Å²) in [5, 5.41) is 9.33. The molecule has 0 amide bonds. The molecule has 0 aliphatic rings. The average Bonchev–Trinajstić information content (AvgIpc) is 2.64. The molecule has 0 saturated carbocycles. The number of H-pyrrole nitrogens is 1. The quantitative estimate of drug-likeness (QED) is 0.656. The molecule has 7 heteroatoms. The normalized spacial score (nSPS) is 10.2. The van der Waals surface area contributed by atoms with Gasteiger partial charge in [0.25, 0.3) is 0 Å². The van der Waals surface area contributed by atoms with Gasteiger partial charge in [0.2, 0.25) is 11.9 Å². The highest BCUT2D eigenvalue weighted by Crippen LogP contribution is 2.01. The molecule has 15 heavy (non-hydrogen) atoms. The number of hydrogen-bond donors (Lipinski definition) is 3. The fourth-order valence-corrected chi connectivity index (χ4v) is 1.03. The molecule has 0 aliphatic carbocycles. The van der Waals surface area contributed by atoms with Crippen LogP contribution in [0.15, 0.2) is 12.4 Å². The average molecular weight is 205 g/mol. The number of nitrogens with one attached hydrogen (secondary N) is 2. The van der Waals surface area contributed by atoms with E-state index in [0.29, 0.717) is 12.5 Å². The number of aryl methyl sites for hydroxylation is 1. The standard InChI is InChI=1S/C8H11N7/c1-5-2-11-6(3-10-5)4-12-8-13-7(9)14-15-8/h2-3H,4H2,1H3,(H4,9,12,13,14,15). The molecular weight excluding hydrogens is 194 g/mol. The highest BCUT2D eigenvalue weighted by molar-refractivity contribution is 5.30. The van der Waals surface area contributed by atoms with Crippen LogP contribution in [0.5, 0.6) is 0 Å². The first-order chi connectivity index (χ1) is 7.24. The zero-order valence-corrected chi connectivity index (χ0v) is 8.23. The number of rotatable bonds is 3. The fraction of sp³-hybridized carbons (Fsp3) is 0.250. The number of nitrogen functional groups attached to an aromatic ring is 1. The van der Waals surface area contributed by atoms with Crippen molar-refractivity contribution >= 4 is 11.9 Å². The minimum atomic E-state index is 0.285. The number of anilines is 2. The Balaban J connectivity index is 1.96. The summed E-state index contributed by atoms with van der Waals surface area (Å²) >= 11 is 0. The maximum atomic E-state index is 5.37. The summed E-state index contributed by atoms with van der Waals surface area (Å²) in [6.45, 7) is 2.41. The van der Waals surface area contributed by atoms with Gasteiger partial charge in [-0.15, -0.1) is 5.10 Å². The van der Waals surface area contributed by atoms with Crippen molar-refractivity contribution in [2.45, 2.75) is 13.5 Å². The predicted octanol–water partition coefficient (Wildman–Crippen LogP) is 0.0974. The first kappa shape index (κ1) is 9.38. The highest BCUT2D eigenvalue weighted by atomic mass is 15.3. The second kappa shape index (κ2) is 3.91. The number of nitrogens with zero attached hydrogens (tertiary/aromatic N) is 4. The number of aromatic nitrogens is 5. The molecular formula is C8H11N7. The molecule has 7 nitrogen and oxygen atoms in total. The Morgan fingerprint density at radius 3 is 2.87 bits per heavy atom. The van der Waals surface area contributed by atoms with E-state index in [-0.39, 0.29) is 5.95 Å². The highest BCUT2D eigenvalue weighted by Gasteiger charge is 2.00. The van der Waals surface area contributed by atoms with Crippen LogP contribution in [0.25, 0.3) is 0 Å². The van der Waals surface area contributed by atoms with Crippen LogP contribution in [0.2, 0.25) is 0 Å². The van der Waals surface area contributed by atoms with Gasteiger partial charge in [0.05, 0.1) is 24.1 Å². The van der Waals surface area contributed by atoms with Gasteiger partial charge >= 0.3 is 0 Å². The minimum absolute atomic E-state index is 0.285. The van der Waals surface area contributed by atoms with E-state index < -0.39 is 0 Å². The van der Waals surface area contributed by atoms with Crippen molar-refractivity contribution < 1.29 is 0 Å². The molecule has 0 aliphatic heterocycles. The van der Waals surface area contributed by atoms with Crippen LogP contribution in [-0.4, -0.2) is 25.1 Å². The maximum Gasteiger partial charge on any atom is 0.243 e. The van der Waals surface area contributed by atoms with Crippen LogP contribution < -0.4 is 11.1 Å². The summed E-state index contributed by atoms with van der Waals surface area (Å²) in [5.41, 5.74) is 7.08. The molecule has 0 unspecified atom stereocenters. The summed E-state index contributed by atoms with van der Waals surface area (Å²) in [6.07, 6.45) is 3.42. The number of hydrogen-bond acceptors (Lipinski definition) is 6. The van der Waals surface area contributed by atoms with Crippen LogP contribution in [-0.2, 0) is 6.54 Å². The molecule has 2 aromatic rings. The molecule has 78 valence electrons. The first-order valence-electron chi connectivity index (χ1n) is 4.43. The molecule has 0 saturated heterocycles. The van der Waals surface area contributed by atoms with Crippen LogP contribution in [0.1, 0.15) is 11.4 Å². The van der Waals surface area contributed by atoms with E-state index in [2.05, 4.69) is 30.5 Å². The summed E-state index contributed by atoms with van der Waals surface area (Å²) < 4.78 is 0. The van der Waals surface area contributed by atoms with Crippen LogP contribution >= 0.6 is 0 Å². The largest absolute Gasteiger partial charge is 0.368 e. The molecule has 2 rings (SSSR count). The molecule has 2 heterocycles. The zero-order chi connectivity index (χ0) is 10.7. The van der Waals surface area contributed by atoms with E-state index in [0.717, 1.165) is 11.4 Å². The van der Waals surface area contributed by atoms with E-state index in [4.69, 9.17) is 5.73 Å². The molecule has 4 N–H and O–H groups in total. The number of nitrogens with two attached hydrogens (primary N) is 1. The third-order valence-electron chi connectivity index (χ3n) is 1.76. The third kappa shape index (κ3) is 2.39. The van der Waals surface area contributed by atoms with E-state index in [1.807, 2.05) is 6.92 Å². The minimum Gasteiger partial charge on any atom is -0.368 e. The lowest BCUT2D eigenvalue weighted by Crippen LogP contribution is -2.03. The Bertz CT molecular complexity index is 433. The molecule has 0 aromatic carbocycles. The molecule has 2 aromatic heterocycles. The second-order valence-electron chi connectivity index (χ2n) is 3.05. The predicted molar refractivity (Wildman–Crippen MR) is 54.9 cm³/mol. The van der Waals surface area contributed by atoms with Gasteiger partial charge < -0.3 is 11.1 Å². The summed E-state index contributed by atoms with van der Waals surface area (Å²) in [6, 6.07) is 0. The molecule has 0 fully saturated rings. The van der Waals surface area contributed by atoms with Gasteiger partial charge in [-0.3, -0.25) is 9.97 Å². The molecule has 0 spiro atoms. The van der Waals surface area contributed by atoms with Crippen LogP contribution in [0, 0.1) is 6.92 Å². The van der Waals surface area contributed by atoms with Crippen LogP contribution in [0.3, 0.4) is 0 Å². The van der Waals surface area contributed by atoms with Crippen molar-refractivity contribution in [2.24, 2.45) is 0 Å². The maximum absolute atomic E-state index is 5.37. The van der Waals surface area contributed by atoms with Crippen molar-refractivity contribution in [3.05, 3.63) is 23.8 Å². The Hall–Kier alpha value is -2.18. The van der Waals surface area contributed by atoms with Gasteiger partial charge in [-0.05, 0) is 6.92 Å². The van der Waals surface area contributed by atoms with E-state index in [9.17, 15) is 0 Å². The SMILES string of the molecule is Cc1cnc(CNc2n[nH]c(N)n2)cn1.